The zero-order chi connectivity index (χ0) is 20.9. The highest BCUT2D eigenvalue weighted by Gasteiger charge is 2.17. The molecule has 9 heteroatoms. The van der Waals surface area contributed by atoms with Crippen LogP contribution in [-0.2, 0) is 4.79 Å². The molecule has 0 radical (unpaired) electrons. The van der Waals surface area contributed by atoms with Crippen molar-refractivity contribution in [1.29, 1.82) is 0 Å². The van der Waals surface area contributed by atoms with E-state index in [0.717, 1.165) is 11.3 Å². The van der Waals surface area contributed by atoms with Crippen molar-refractivity contribution in [2.45, 2.75) is 5.16 Å². The molecule has 0 fully saturated rings. The largest absolute Gasteiger partial charge is 0.497 e. The molecule has 0 bridgehead atoms. The van der Waals surface area contributed by atoms with Crippen LogP contribution in [0.5, 0.6) is 5.75 Å². The van der Waals surface area contributed by atoms with Gasteiger partial charge < -0.3 is 10.1 Å². The quantitative estimate of drug-likeness (QED) is 0.456. The summed E-state index contributed by atoms with van der Waals surface area (Å²) in [6, 6.07) is 17.1. The lowest BCUT2D eigenvalue weighted by Crippen LogP contribution is -2.16. The number of aromatic nitrogens is 4. The first-order valence-corrected chi connectivity index (χ1v) is 10.0. The predicted octanol–water partition coefficient (Wildman–Crippen LogP) is 3.94. The summed E-state index contributed by atoms with van der Waals surface area (Å²) in [5.74, 6) is 0.797. The Morgan fingerprint density at radius 2 is 1.87 bits per heavy atom. The number of nitrogens with one attached hydrogen (secondary N) is 1. The fraction of sp³-hybridized carbons (Fsp3) is 0.0952. The number of methoxy groups -OCH3 is 1. The van der Waals surface area contributed by atoms with Gasteiger partial charge in [-0.15, -0.1) is 10.2 Å². The van der Waals surface area contributed by atoms with E-state index >= 15 is 0 Å². The molecule has 4 aromatic rings. The fourth-order valence-electron chi connectivity index (χ4n) is 2.84. The van der Waals surface area contributed by atoms with Gasteiger partial charge in [-0.1, -0.05) is 17.8 Å². The van der Waals surface area contributed by atoms with E-state index in [2.05, 4.69) is 15.5 Å². The Bertz CT molecular complexity index is 1140. The van der Waals surface area contributed by atoms with Crippen LogP contribution >= 0.6 is 11.8 Å². The van der Waals surface area contributed by atoms with Gasteiger partial charge in [0.1, 0.15) is 11.6 Å². The Morgan fingerprint density at radius 3 is 2.57 bits per heavy atom. The van der Waals surface area contributed by atoms with E-state index in [-0.39, 0.29) is 11.7 Å². The van der Waals surface area contributed by atoms with Crippen molar-refractivity contribution in [3.8, 4) is 17.1 Å². The molecule has 2 heterocycles. The van der Waals surface area contributed by atoms with Crippen LogP contribution in [0, 0.1) is 5.82 Å². The van der Waals surface area contributed by atoms with Gasteiger partial charge in [-0.3, -0.25) is 9.47 Å². The maximum absolute atomic E-state index is 13.3. The Hall–Kier alpha value is -3.59. The Balaban J connectivity index is 1.55. The van der Waals surface area contributed by atoms with Gasteiger partial charge in [0.2, 0.25) is 11.1 Å². The summed E-state index contributed by atoms with van der Waals surface area (Å²) in [6.07, 6.45) is 3.74. The molecule has 0 aliphatic rings. The highest BCUT2D eigenvalue weighted by molar-refractivity contribution is 7.99. The first-order chi connectivity index (χ1) is 14.6. The summed E-state index contributed by atoms with van der Waals surface area (Å²) in [5.41, 5.74) is 1.26. The first-order valence-electron chi connectivity index (χ1n) is 9.06. The molecule has 1 N–H and O–H groups in total. The lowest BCUT2D eigenvalue weighted by Gasteiger charge is -2.11. The van der Waals surface area contributed by atoms with Crippen LogP contribution in [0.1, 0.15) is 0 Å². The van der Waals surface area contributed by atoms with Crippen molar-refractivity contribution in [1.82, 2.24) is 19.5 Å². The van der Waals surface area contributed by atoms with Crippen molar-refractivity contribution < 1.29 is 13.9 Å². The van der Waals surface area contributed by atoms with E-state index in [9.17, 15) is 9.18 Å². The number of carbonyl (C=O) groups excluding carboxylic acids is 1. The smallest absolute Gasteiger partial charge is 0.234 e. The molecule has 2 aromatic carbocycles. The molecule has 0 saturated heterocycles. The predicted molar refractivity (Wildman–Crippen MR) is 113 cm³/mol. The zero-order valence-electron chi connectivity index (χ0n) is 16.0. The van der Waals surface area contributed by atoms with Gasteiger partial charge >= 0.3 is 0 Å². The number of halogens is 1. The van der Waals surface area contributed by atoms with Crippen LogP contribution < -0.4 is 10.1 Å². The molecule has 0 spiro atoms. The Morgan fingerprint density at radius 1 is 1.10 bits per heavy atom. The van der Waals surface area contributed by atoms with Gasteiger partial charge in [-0.05, 0) is 54.6 Å². The highest BCUT2D eigenvalue weighted by Crippen LogP contribution is 2.26. The zero-order valence-corrected chi connectivity index (χ0v) is 16.8. The number of ether oxygens (including phenoxy) is 1. The number of hydrogen-bond donors (Lipinski definition) is 1. The van der Waals surface area contributed by atoms with E-state index in [1.165, 1.54) is 23.9 Å². The molecular formula is C21H18FN5O2S. The van der Waals surface area contributed by atoms with Crippen molar-refractivity contribution in [2.24, 2.45) is 0 Å². The molecule has 152 valence electrons. The SMILES string of the molecule is COc1ccc(-c2nnc(SCC(=O)Nc3cccc(F)c3)n2-n2cccc2)cc1. The second kappa shape index (κ2) is 8.83. The number of anilines is 1. The molecule has 0 aliphatic carbocycles. The first kappa shape index (κ1) is 19.7. The molecule has 7 nitrogen and oxygen atoms in total. The number of carbonyl (C=O) groups is 1. The lowest BCUT2D eigenvalue weighted by molar-refractivity contribution is -0.113. The van der Waals surface area contributed by atoms with Gasteiger partial charge in [-0.25, -0.2) is 9.07 Å². The van der Waals surface area contributed by atoms with E-state index in [1.807, 2.05) is 58.1 Å². The van der Waals surface area contributed by atoms with Gasteiger partial charge in [0.25, 0.3) is 0 Å². The second-order valence-electron chi connectivity index (χ2n) is 6.26. The van der Waals surface area contributed by atoms with Crippen molar-refractivity contribution in [2.75, 3.05) is 18.2 Å². The Labute approximate surface area is 176 Å². The van der Waals surface area contributed by atoms with E-state index < -0.39 is 5.82 Å². The third kappa shape index (κ3) is 4.36. The van der Waals surface area contributed by atoms with Crippen LogP contribution in [0.25, 0.3) is 11.4 Å². The van der Waals surface area contributed by atoms with Gasteiger partial charge in [0.15, 0.2) is 5.82 Å². The molecule has 30 heavy (non-hydrogen) atoms. The fourth-order valence-corrected chi connectivity index (χ4v) is 3.57. The topological polar surface area (TPSA) is 74.0 Å². The Kier molecular flexibility index (Phi) is 5.80. The number of rotatable bonds is 7. The van der Waals surface area contributed by atoms with Crippen LogP contribution in [0.2, 0.25) is 0 Å². The number of hydrogen-bond acceptors (Lipinski definition) is 5. The van der Waals surface area contributed by atoms with Crippen LogP contribution in [-0.4, -0.2) is 38.3 Å². The monoisotopic (exact) mass is 423 g/mol. The number of amides is 1. The minimum atomic E-state index is -0.406. The van der Waals surface area contributed by atoms with Crippen molar-refractivity contribution in [3.63, 3.8) is 0 Å². The normalized spacial score (nSPS) is 10.7. The van der Waals surface area contributed by atoms with E-state index in [1.54, 1.807) is 19.2 Å². The summed E-state index contributed by atoms with van der Waals surface area (Å²) in [5, 5.41) is 11.8. The second-order valence-corrected chi connectivity index (χ2v) is 7.20. The number of thioether (sulfide) groups is 1. The average molecular weight is 423 g/mol. The highest BCUT2D eigenvalue weighted by atomic mass is 32.2. The molecular weight excluding hydrogens is 405 g/mol. The van der Waals surface area contributed by atoms with Gasteiger partial charge in [0.05, 0.1) is 12.9 Å². The summed E-state index contributed by atoms with van der Waals surface area (Å²) < 4.78 is 22.2. The molecule has 1 amide bonds. The minimum Gasteiger partial charge on any atom is -0.497 e. The molecule has 0 saturated carbocycles. The third-order valence-corrected chi connectivity index (χ3v) is 5.14. The summed E-state index contributed by atoms with van der Waals surface area (Å²) in [6.45, 7) is 0. The van der Waals surface area contributed by atoms with Crippen LogP contribution in [0.4, 0.5) is 10.1 Å². The van der Waals surface area contributed by atoms with Crippen LogP contribution in [0.3, 0.4) is 0 Å². The van der Waals surface area contributed by atoms with Crippen molar-refractivity contribution in [3.05, 3.63) is 78.9 Å². The number of benzene rings is 2. The number of nitrogens with zero attached hydrogens (tertiary/aromatic N) is 4. The van der Waals surface area contributed by atoms with Crippen LogP contribution in [0.15, 0.2) is 78.2 Å². The molecule has 0 atom stereocenters. The lowest BCUT2D eigenvalue weighted by atomic mass is 10.2. The molecule has 0 aliphatic heterocycles. The maximum atomic E-state index is 13.3. The molecule has 2 aromatic heterocycles. The third-order valence-electron chi connectivity index (χ3n) is 4.22. The molecule has 0 unspecified atom stereocenters. The standard InChI is InChI=1S/C21H18FN5O2S/c1-29-18-9-7-15(8-10-18)20-24-25-21(27(20)26-11-2-3-12-26)30-14-19(28)23-17-6-4-5-16(22)13-17/h2-13H,14H2,1H3,(H,23,28). The summed E-state index contributed by atoms with van der Waals surface area (Å²) in [7, 11) is 1.61. The van der Waals surface area contributed by atoms with Gasteiger partial charge in [-0.2, -0.15) is 0 Å². The van der Waals surface area contributed by atoms with Crippen molar-refractivity contribution >= 4 is 23.4 Å². The molecule has 4 rings (SSSR count). The van der Waals surface area contributed by atoms with E-state index in [4.69, 9.17) is 4.74 Å². The van der Waals surface area contributed by atoms with Gasteiger partial charge in [0, 0.05) is 23.6 Å². The van der Waals surface area contributed by atoms with E-state index in [0.29, 0.717) is 16.7 Å². The summed E-state index contributed by atoms with van der Waals surface area (Å²) in [4.78, 5) is 12.3. The summed E-state index contributed by atoms with van der Waals surface area (Å²) >= 11 is 1.24. The maximum Gasteiger partial charge on any atom is 0.234 e. The minimum absolute atomic E-state index is 0.0958. The average Bonchev–Trinajstić information content (AvgIpc) is 3.42.